The van der Waals surface area contributed by atoms with E-state index in [4.69, 9.17) is 4.98 Å². The van der Waals surface area contributed by atoms with Crippen molar-refractivity contribution in [3.8, 4) is 0 Å². The fourth-order valence-electron chi connectivity index (χ4n) is 3.89. The Labute approximate surface area is 195 Å². The van der Waals surface area contributed by atoms with Gasteiger partial charge in [-0.3, -0.25) is 4.99 Å². The summed E-state index contributed by atoms with van der Waals surface area (Å²) in [7, 11) is 1.87. The van der Waals surface area contributed by atoms with Crippen molar-refractivity contribution in [3.63, 3.8) is 0 Å². The first-order chi connectivity index (χ1) is 14.2. The highest BCUT2D eigenvalue weighted by molar-refractivity contribution is 14.0. The molecule has 0 saturated carbocycles. The van der Waals surface area contributed by atoms with E-state index < -0.39 is 0 Å². The van der Waals surface area contributed by atoms with Gasteiger partial charge < -0.3 is 14.6 Å². The Bertz CT molecular complexity index is 1010. The first-order valence-electron chi connectivity index (χ1n) is 10.4. The van der Waals surface area contributed by atoms with E-state index in [1.54, 1.807) is 0 Å². The zero-order valence-electron chi connectivity index (χ0n) is 17.7. The number of guanidine groups is 1. The minimum absolute atomic E-state index is 0. The summed E-state index contributed by atoms with van der Waals surface area (Å²) in [6, 6.07) is 14.7. The molecule has 0 bridgehead atoms. The Morgan fingerprint density at radius 1 is 1.13 bits per heavy atom. The second-order valence-corrected chi connectivity index (χ2v) is 7.58. The highest BCUT2D eigenvalue weighted by atomic mass is 127. The van der Waals surface area contributed by atoms with E-state index in [2.05, 4.69) is 87.5 Å². The average molecular weight is 515 g/mol. The molecular formula is C24H30IN5. The third kappa shape index (κ3) is 5.41. The lowest BCUT2D eigenvalue weighted by atomic mass is 10.0. The van der Waals surface area contributed by atoms with Crippen LogP contribution in [0.1, 0.15) is 29.7 Å². The SMILES string of the molecule is CN=C(NCCc1cn2cccc(C)c2n1)N1CCC(=Cc2ccccc2)CC1.I. The fourth-order valence-corrected chi connectivity index (χ4v) is 3.89. The minimum atomic E-state index is 0. The van der Waals surface area contributed by atoms with Crippen molar-refractivity contribution in [2.45, 2.75) is 26.2 Å². The number of imidazole rings is 1. The average Bonchev–Trinajstić information content (AvgIpc) is 3.17. The molecule has 1 saturated heterocycles. The van der Waals surface area contributed by atoms with Gasteiger partial charge in [0.2, 0.25) is 0 Å². The molecule has 4 rings (SSSR count). The van der Waals surface area contributed by atoms with E-state index in [1.807, 2.05) is 7.05 Å². The second kappa shape index (κ2) is 10.6. The van der Waals surface area contributed by atoms with Gasteiger partial charge in [-0.05, 0) is 37.0 Å². The van der Waals surface area contributed by atoms with Crippen molar-refractivity contribution in [2.75, 3.05) is 26.7 Å². The van der Waals surface area contributed by atoms with Gasteiger partial charge in [-0.25, -0.2) is 4.98 Å². The molecule has 0 amide bonds. The Balaban J connectivity index is 0.00000256. The smallest absolute Gasteiger partial charge is 0.193 e. The van der Waals surface area contributed by atoms with Crippen LogP contribution < -0.4 is 5.32 Å². The molecule has 2 aromatic heterocycles. The zero-order chi connectivity index (χ0) is 20.1. The molecule has 0 radical (unpaired) electrons. The van der Waals surface area contributed by atoms with Gasteiger partial charge in [-0.15, -0.1) is 24.0 Å². The molecule has 1 aliphatic heterocycles. The molecule has 6 heteroatoms. The summed E-state index contributed by atoms with van der Waals surface area (Å²) in [6.45, 7) is 4.94. The quantitative estimate of drug-likeness (QED) is 0.315. The molecule has 5 nitrogen and oxygen atoms in total. The first kappa shape index (κ1) is 22.3. The molecule has 158 valence electrons. The van der Waals surface area contributed by atoms with Crippen LogP contribution in [0.3, 0.4) is 0 Å². The van der Waals surface area contributed by atoms with Gasteiger partial charge in [-0.2, -0.15) is 0 Å². The Kier molecular flexibility index (Phi) is 7.90. The molecule has 1 N–H and O–H groups in total. The van der Waals surface area contributed by atoms with Gasteiger partial charge in [0, 0.05) is 45.5 Å². The fraction of sp³-hybridized carbons (Fsp3) is 0.333. The summed E-state index contributed by atoms with van der Waals surface area (Å²) in [6.07, 6.45) is 9.56. The summed E-state index contributed by atoms with van der Waals surface area (Å²) < 4.78 is 2.10. The third-order valence-electron chi connectivity index (χ3n) is 5.48. The van der Waals surface area contributed by atoms with E-state index >= 15 is 0 Å². The summed E-state index contributed by atoms with van der Waals surface area (Å²) in [5.41, 5.74) is 6.16. The van der Waals surface area contributed by atoms with Crippen molar-refractivity contribution < 1.29 is 0 Å². The highest BCUT2D eigenvalue weighted by Gasteiger charge is 2.17. The number of fused-ring (bicyclic) bond motifs is 1. The van der Waals surface area contributed by atoms with Gasteiger partial charge >= 0.3 is 0 Å². The molecule has 30 heavy (non-hydrogen) atoms. The van der Waals surface area contributed by atoms with E-state index in [-0.39, 0.29) is 24.0 Å². The zero-order valence-corrected chi connectivity index (χ0v) is 20.0. The highest BCUT2D eigenvalue weighted by Crippen LogP contribution is 2.19. The largest absolute Gasteiger partial charge is 0.356 e. The number of hydrogen-bond acceptors (Lipinski definition) is 2. The van der Waals surface area contributed by atoms with Gasteiger partial charge in [0.1, 0.15) is 5.65 Å². The standard InChI is InChI=1S/C24H29N5.HI/c1-19-7-6-14-29-18-22(27-23(19)29)10-13-26-24(25-2)28-15-11-21(12-16-28)17-20-8-4-3-5-9-20;/h3-9,14,17-18H,10-13,15-16H2,1-2H3,(H,25,26);1H. The molecule has 0 atom stereocenters. The maximum Gasteiger partial charge on any atom is 0.193 e. The van der Waals surface area contributed by atoms with Crippen molar-refractivity contribution in [1.82, 2.24) is 19.6 Å². The van der Waals surface area contributed by atoms with Crippen LogP contribution in [-0.4, -0.2) is 46.9 Å². The topological polar surface area (TPSA) is 44.9 Å². The molecular weight excluding hydrogens is 485 g/mol. The van der Waals surface area contributed by atoms with Crippen molar-refractivity contribution >= 4 is 41.7 Å². The van der Waals surface area contributed by atoms with Crippen molar-refractivity contribution in [2.24, 2.45) is 4.99 Å². The molecule has 0 unspecified atom stereocenters. The van der Waals surface area contributed by atoms with Crippen LogP contribution in [0.25, 0.3) is 11.7 Å². The lowest BCUT2D eigenvalue weighted by Crippen LogP contribution is -2.45. The van der Waals surface area contributed by atoms with Crippen LogP contribution in [0.5, 0.6) is 0 Å². The number of nitrogens with one attached hydrogen (secondary N) is 1. The number of aromatic nitrogens is 2. The van der Waals surface area contributed by atoms with E-state index in [0.717, 1.165) is 56.2 Å². The molecule has 3 heterocycles. The number of hydrogen-bond donors (Lipinski definition) is 1. The predicted molar refractivity (Wildman–Crippen MR) is 136 cm³/mol. The predicted octanol–water partition coefficient (Wildman–Crippen LogP) is 4.56. The normalized spacial score (nSPS) is 14.5. The second-order valence-electron chi connectivity index (χ2n) is 7.58. The van der Waals surface area contributed by atoms with Gasteiger partial charge in [-0.1, -0.05) is 48.0 Å². The van der Waals surface area contributed by atoms with Crippen LogP contribution in [0.2, 0.25) is 0 Å². The Morgan fingerprint density at radius 3 is 2.60 bits per heavy atom. The first-order valence-corrected chi connectivity index (χ1v) is 10.4. The van der Waals surface area contributed by atoms with E-state index in [9.17, 15) is 0 Å². The van der Waals surface area contributed by atoms with Crippen LogP contribution in [-0.2, 0) is 6.42 Å². The van der Waals surface area contributed by atoms with Crippen LogP contribution in [0.15, 0.2) is 65.4 Å². The number of benzene rings is 1. The van der Waals surface area contributed by atoms with Gasteiger partial charge in [0.15, 0.2) is 5.96 Å². The van der Waals surface area contributed by atoms with E-state index in [1.165, 1.54) is 16.7 Å². The number of pyridine rings is 1. The molecule has 0 spiro atoms. The number of rotatable bonds is 4. The van der Waals surface area contributed by atoms with Crippen molar-refractivity contribution in [1.29, 1.82) is 0 Å². The molecule has 1 fully saturated rings. The number of likely N-dealkylation sites (tertiary alicyclic amines) is 1. The number of halogens is 1. The summed E-state index contributed by atoms with van der Waals surface area (Å²) in [5, 5.41) is 3.52. The number of aliphatic imine (C=N–C) groups is 1. The lowest BCUT2D eigenvalue weighted by Gasteiger charge is -2.31. The van der Waals surface area contributed by atoms with Gasteiger partial charge in [0.05, 0.1) is 5.69 Å². The molecule has 3 aromatic rings. The minimum Gasteiger partial charge on any atom is -0.356 e. The van der Waals surface area contributed by atoms with E-state index in [0.29, 0.717) is 0 Å². The third-order valence-corrected chi connectivity index (χ3v) is 5.48. The Hall–Kier alpha value is -2.35. The molecule has 0 aliphatic carbocycles. The molecule has 1 aliphatic rings. The van der Waals surface area contributed by atoms with Crippen LogP contribution in [0.4, 0.5) is 0 Å². The summed E-state index contributed by atoms with van der Waals surface area (Å²) in [5.74, 6) is 0.990. The van der Waals surface area contributed by atoms with Gasteiger partial charge in [0.25, 0.3) is 0 Å². The lowest BCUT2D eigenvalue weighted by molar-refractivity contribution is 0.376. The van der Waals surface area contributed by atoms with Crippen molar-refractivity contribution in [3.05, 3.63) is 77.3 Å². The molecule has 1 aromatic carbocycles. The monoisotopic (exact) mass is 515 g/mol. The number of aryl methyl sites for hydroxylation is 1. The summed E-state index contributed by atoms with van der Waals surface area (Å²) in [4.78, 5) is 11.6. The Morgan fingerprint density at radius 2 is 1.90 bits per heavy atom. The van der Waals surface area contributed by atoms with Crippen LogP contribution in [0, 0.1) is 6.92 Å². The maximum absolute atomic E-state index is 4.76. The number of nitrogens with zero attached hydrogens (tertiary/aromatic N) is 4. The van der Waals surface area contributed by atoms with Crippen LogP contribution >= 0.6 is 24.0 Å². The number of piperidine rings is 1. The summed E-state index contributed by atoms with van der Waals surface area (Å²) >= 11 is 0. The maximum atomic E-state index is 4.76.